The molecular formula is C22H25N5O2. The van der Waals surface area contributed by atoms with E-state index in [0.29, 0.717) is 5.82 Å². The van der Waals surface area contributed by atoms with Gasteiger partial charge in [0.1, 0.15) is 5.82 Å². The second-order valence-corrected chi connectivity index (χ2v) is 7.82. The second kappa shape index (κ2) is 8.26. The molecule has 7 nitrogen and oxygen atoms in total. The topological polar surface area (TPSA) is 88.9 Å². The maximum Gasteiger partial charge on any atom is 0.314 e. The minimum absolute atomic E-state index is 0.216. The summed E-state index contributed by atoms with van der Waals surface area (Å²) >= 11 is 0. The SMILES string of the molecule is Cc1c(C(C)(C)C)nn(-c2ccccc2)c1NC(=O)C(=O)NCc1cccnc1. The molecule has 2 N–H and O–H groups in total. The van der Waals surface area contributed by atoms with Crippen molar-refractivity contribution >= 4 is 17.6 Å². The van der Waals surface area contributed by atoms with Gasteiger partial charge in [0.2, 0.25) is 0 Å². The standard InChI is InChI=1S/C22H25N5O2/c1-15-18(22(2,3)4)26-27(17-10-6-5-7-11-17)19(15)25-21(29)20(28)24-14-16-9-8-12-23-13-16/h5-13H,14H2,1-4H3,(H,24,28)(H,25,29). The third kappa shape index (κ3) is 4.68. The summed E-state index contributed by atoms with van der Waals surface area (Å²) in [6.07, 6.45) is 3.29. The van der Waals surface area contributed by atoms with Gasteiger partial charge in [0, 0.05) is 29.9 Å². The molecule has 2 amide bonds. The van der Waals surface area contributed by atoms with Crippen molar-refractivity contribution in [2.24, 2.45) is 0 Å². The Morgan fingerprint density at radius 3 is 2.38 bits per heavy atom. The van der Waals surface area contributed by atoms with Gasteiger partial charge in [-0.3, -0.25) is 14.6 Å². The fraction of sp³-hybridized carbons (Fsp3) is 0.273. The van der Waals surface area contributed by atoms with Crippen LogP contribution in [-0.2, 0) is 21.5 Å². The molecule has 150 valence electrons. The summed E-state index contributed by atoms with van der Waals surface area (Å²) in [6.45, 7) is 8.30. The summed E-state index contributed by atoms with van der Waals surface area (Å²) < 4.78 is 1.67. The average molecular weight is 391 g/mol. The fourth-order valence-electron chi connectivity index (χ4n) is 3.04. The number of anilines is 1. The molecule has 3 aromatic rings. The number of aromatic nitrogens is 3. The molecule has 0 aliphatic carbocycles. The van der Waals surface area contributed by atoms with E-state index >= 15 is 0 Å². The first-order valence-corrected chi connectivity index (χ1v) is 9.41. The smallest absolute Gasteiger partial charge is 0.314 e. The molecule has 0 saturated carbocycles. The molecule has 2 aromatic heterocycles. The van der Waals surface area contributed by atoms with Crippen LogP contribution < -0.4 is 10.6 Å². The monoisotopic (exact) mass is 391 g/mol. The van der Waals surface area contributed by atoms with E-state index in [-0.39, 0.29) is 12.0 Å². The molecule has 0 aliphatic heterocycles. The zero-order chi connectivity index (χ0) is 21.0. The number of nitrogens with one attached hydrogen (secondary N) is 2. The van der Waals surface area contributed by atoms with Crippen molar-refractivity contribution in [2.45, 2.75) is 39.7 Å². The normalized spacial score (nSPS) is 11.2. The minimum Gasteiger partial charge on any atom is -0.344 e. The first kappa shape index (κ1) is 20.3. The van der Waals surface area contributed by atoms with Gasteiger partial charge in [0.15, 0.2) is 0 Å². The highest BCUT2D eigenvalue weighted by atomic mass is 16.2. The number of benzene rings is 1. The Balaban J connectivity index is 1.84. The molecule has 1 aromatic carbocycles. The minimum atomic E-state index is -0.741. The van der Waals surface area contributed by atoms with Gasteiger partial charge in [-0.15, -0.1) is 0 Å². The first-order chi connectivity index (χ1) is 13.8. The highest BCUT2D eigenvalue weighted by Crippen LogP contribution is 2.31. The predicted molar refractivity (Wildman–Crippen MR) is 112 cm³/mol. The first-order valence-electron chi connectivity index (χ1n) is 9.41. The Hall–Kier alpha value is -3.48. The summed E-state index contributed by atoms with van der Waals surface area (Å²) in [7, 11) is 0. The zero-order valence-corrected chi connectivity index (χ0v) is 17.1. The van der Waals surface area contributed by atoms with Crippen molar-refractivity contribution in [3.05, 3.63) is 71.7 Å². The van der Waals surface area contributed by atoms with Crippen LogP contribution in [0.25, 0.3) is 5.69 Å². The summed E-state index contributed by atoms with van der Waals surface area (Å²) in [5.74, 6) is -0.969. The lowest BCUT2D eigenvalue weighted by Gasteiger charge is -2.16. The van der Waals surface area contributed by atoms with Gasteiger partial charge in [0.05, 0.1) is 11.4 Å². The van der Waals surface area contributed by atoms with Crippen LogP contribution in [0.1, 0.15) is 37.6 Å². The number of hydrogen-bond acceptors (Lipinski definition) is 4. The van der Waals surface area contributed by atoms with E-state index in [0.717, 1.165) is 22.5 Å². The van der Waals surface area contributed by atoms with Crippen molar-refractivity contribution in [3.8, 4) is 5.69 Å². The maximum absolute atomic E-state index is 12.5. The molecular weight excluding hydrogens is 366 g/mol. The van der Waals surface area contributed by atoms with Crippen molar-refractivity contribution < 1.29 is 9.59 Å². The average Bonchev–Trinajstić information content (AvgIpc) is 3.04. The number of hydrogen-bond donors (Lipinski definition) is 2. The third-order valence-electron chi connectivity index (χ3n) is 4.45. The van der Waals surface area contributed by atoms with E-state index in [4.69, 9.17) is 5.10 Å². The lowest BCUT2D eigenvalue weighted by atomic mass is 9.90. The molecule has 29 heavy (non-hydrogen) atoms. The zero-order valence-electron chi connectivity index (χ0n) is 17.1. The number of rotatable bonds is 4. The summed E-state index contributed by atoms with van der Waals surface area (Å²) in [5.41, 5.74) is 3.08. The Morgan fingerprint density at radius 1 is 1.03 bits per heavy atom. The van der Waals surface area contributed by atoms with Gasteiger partial charge >= 0.3 is 11.8 Å². The summed E-state index contributed by atoms with van der Waals surface area (Å²) in [5, 5.41) is 10.1. The van der Waals surface area contributed by atoms with Gasteiger partial charge in [-0.25, -0.2) is 4.68 Å². The quantitative estimate of drug-likeness (QED) is 0.669. The number of para-hydroxylation sites is 1. The number of nitrogens with zero attached hydrogens (tertiary/aromatic N) is 3. The Morgan fingerprint density at radius 2 is 1.76 bits per heavy atom. The Bertz CT molecular complexity index is 1000. The molecule has 0 saturated heterocycles. The maximum atomic E-state index is 12.5. The lowest BCUT2D eigenvalue weighted by Crippen LogP contribution is -2.35. The van der Waals surface area contributed by atoms with Crippen LogP contribution in [-0.4, -0.2) is 26.6 Å². The Kier molecular flexibility index (Phi) is 5.77. The summed E-state index contributed by atoms with van der Waals surface area (Å²) in [6, 6.07) is 13.1. The molecule has 0 atom stereocenters. The van der Waals surface area contributed by atoms with E-state index in [9.17, 15) is 9.59 Å². The molecule has 0 radical (unpaired) electrons. The summed E-state index contributed by atoms with van der Waals surface area (Å²) in [4.78, 5) is 28.9. The van der Waals surface area contributed by atoms with E-state index in [2.05, 4.69) is 36.4 Å². The van der Waals surface area contributed by atoms with Crippen LogP contribution in [0.4, 0.5) is 5.82 Å². The van der Waals surface area contributed by atoms with Crippen LogP contribution in [0.5, 0.6) is 0 Å². The van der Waals surface area contributed by atoms with Crippen LogP contribution >= 0.6 is 0 Å². The van der Waals surface area contributed by atoms with E-state index < -0.39 is 11.8 Å². The van der Waals surface area contributed by atoms with Crippen molar-refractivity contribution in [3.63, 3.8) is 0 Å². The van der Waals surface area contributed by atoms with Crippen LogP contribution in [0.15, 0.2) is 54.9 Å². The largest absolute Gasteiger partial charge is 0.344 e. The predicted octanol–water partition coefficient (Wildman–Crippen LogP) is 3.13. The molecule has 7 heteroatoms. The Labute approximate surface area is 170 Å². The fourth-order valence-corrected chi connectivity index (χ4v) is 3.04. The molecule has 2 heterocycles. The molecule has 0 bridgehead atoms. The van der Waals surface area contributed by atoms with E-state index in [1.54, 1.807) is 23.1 Å². The molecule has 0 fully saturated rings. The number of amides is 2. The lowest BCUT2D eigenvalue weighted by molar-refractivity contribution is -0.136. The van der Waals surface area contributed by atoms with Crippen LogP contribution in [0.3, 0.4) is 0 Å². The third-order valence-corrected chi connectivity index (χ3v) is 4.45. The molecule has 0 aliphatic rings. The van der Waals surface area contributed by atoms with Gasteiger partial charge < -0.3 is 10.6 Å². The van der Waals surface area contributed by atoms with Crippen molar-refractivity contribution in [1.82, 2.24) is 20.1 Å². The van der Waals surface area contributed by atoms with Crippen LogP contribution in [0, 0.1) is 6.92 Å². The molecule has 3 rings (SSSR count). The van der Waals surface area contributed by atoms with Gasteiger partial charge in [-0.05, 0) is 30.7 Å². The second-order valence-electron chi connectivity index (χ2n) is 7.82. The van der Waals surface area contributed by atoms with E-state index in [1.807, 2.05) is 43.3 Å². The van der Waals surface area contributed by atoms with Crippen molar-refractivity contribution in [1.29, 1.82) is 0 Å². The van der Waals surface area contributed by atoms with Gasteiger partial charge in [-0.2, -0.15) is 5.10 Å². The number of carbonyl (C=O) groups is 2. The highest BCUT2D eigenvalue weighted by Gasteiger charge is 2.27. The molecule has 0 unspecified atom stereocenters. The molecule has 0 spiro atoms. The van der Waals surface area contributed by atoms with Crippen LogP contribution in [0.2, 0.25) is 0 Å². The number of pyridine rings is 1. The van der Waals surface area contributed by atoms with E-state index in [1.165, 1.54) is 0 Å². The highest BCUT2D eigenvalue weighted by molar-refractivity contribution is 6.39. The van der Waals surface area contributed by atoms with Crippen molar-refractivity contribution in [2.75, 3.05) is 5.32 Å². The van der Waals surface area contributed by atoms with Gasteiger partial charge in [0.25, 0.3) is 0 Å². The number of carbonyl (C=O) groups excluding carboxylic acids is 2. The van der Waals surface area contributed by atoms with Gasteiger partial charge in [-0.1, -0.05) is 45.0 Å².